The van der Waals surface area contributed by atoms with Crippen LogP contribution in [0.4, 0.5) is 11.5 Å². The van der Waals surface area contributed by atoms with E-state index in [1.54, 1.807) is 13.8 Å². The van der Waals surface area contributed by atoms with Gasteiger partial charge in [0.1, 0.15) is 17.5 Å². The van der Waals surface area contributed by atoms with Crippen molar-refractivity contribution in [2.45, 2.75) is 13.8 Å². The van der Waals surface area contributed by atoms with Crippen LogP contribution in [0, 0.1) is 24.0 Å². The molecule has 88 valence electrons. The summed E-state index contributed by atoms with van der Waals surface area (Å²) in [6, 6.07) is 2.50. The van der Waals surface area contributed by atoms with Crippen LogP contribution >= 0.6 is 0 Å². The van der Waals surface area contributed by atoms with Crippen LogP contribution in [0.3, 0.4) is 0 Å². The molecule has 8 heteroatoms. The molecule has 0 atom stereocenters. The summed E-state index contributed by atoms with van der Waals surface area (Å²) < 4.78 is 1.42. The number of nitro groups is 1. The molecule has 2 aromatic heterocycles. The third-order valence-corrected chi connectivity index (χ3v) is 2.12. The number of hydrogen-bond acceptors (Lipinski definition) is 6. The second-order valence-corrected chi connectivity index (χ2v) is 3.48. The monoisotopic (exact) mass is 234 g/mol. The molecule has 2 rings (SSSR count). The molecule has 0 unspecified atom stereocenters. The van der Waals surface area contributed by atoms with Crippen molar-refractivity contribution in [2.24, 2.45) is 0 Å². The molecular formula is C9H10N6O2. The molecule has 8 nitrogen and oxygen atoms in total. The third kappa shape index (κ3) is 2.05. The SMILES string of the molecule is Cc1nc(C)n(-c2cc([N+](=O)[O-])cc(N)n2)n1. The second-order valence-electron chi connectivity index (χ2n) is 3.48. The number of pyridine rings is 1. The van der Waals surface area contributed by atoms with E-state index in [4.69, 9.17) is 5.73 Å². The first-order chi connectivity index (χ1) is 7.97. The van der Waals surface area contributed by atoms with Crippen molar-refractivity contribution >= 4 is 11.5 Å². The number of anilines is 1. The Labute approximate surface area is 96.3 Å². The molecule has 0 saturated heterocycles. The highest BCUT2D eigenvalue weighted by atomic mass is 16.6. The quantitative estimate of drug-likeness (QED) is 0.606. The molecule has 17 heavy (non-hydrogen) atoms. The predicted molar refractivity (Wildman–Crippen MR) is 59.7 cm³/mol. The van der Waals surface area contributed by atoms with Crippen LogP contribution in [0.5, 0.6) is 0 Å². The molecule has 0 aliphatic carbocycles. The van der Waals surface area contributed by atoms with Gasteiger partial charge in [-0.05, 0) is 13.8 Å². The Balaban J connectivity index is 2.59. The Morgan fingerprint density at radius 1 is 1.35 bits per heavy atom. The Bertz CT molecular complexity index is 591. The molecule has 0 aromatic carbocycles. The summed E-state index contributed by atoms with van der Waals surface area (Å²) in [4.78, 5) is 18.3. The Morgan fingerprint density at radius 3 is 2.59 bits per heavy atom. The van der Waals surface area contributed by atoms with Crippen molar-refractivity contribution in [3.8, 4) is 5.82 Å². The summed E-state index contributed by atoms with van der Waals surface area (Å²) in [7, 11) is 0. The molecule has 2 heterocycles. The van der Waals surface area contributed by atoms with Crippen LogP contribution in [-0.2, 0) is 0 Å². The van der Waals surface area contributed by atoms with Crippen LogP contribution in [0.15, 0.2) is 12.1 Å². The van der Waals surface area contributed by atoms with Gasteiger partial charge in [-0.2, -0.15) is 4.68 Å². The molecule has 2 N–H and O–H groups in total. The number of hydrogen-bond donors (Lipinski definition) is 1. The fraction of sp³-hybridized carbons (Fsp3) is 0.222. The van der Waals surface area contributed by atoms with Gasteiger partial charge in [-0.3, -0.25) is 10.1 Å². The molecule has 0 bridgehead atoms. The van der Waals surface area contributed by atoms with Crippen LogP contribution in [0.25, 0.3) is 5.82 Å². The molecule has 2 aromatic rings. The maximum atomic E-state index is 10.7. The largest absolute Gasteiger partial charge is 0.383 e. The predicted octanol–water partition coefficient (Wildman–Crippen LogP) is 0.770. The number of nitrogen functional groups attached to an aromatic ring is 1. The number of nitrogens with two attached hydrogens (primary N) is 1. The molecule has 0 fully saturated rings. The minimum absolute atomic E-state index is 0.0711. The lowest BCUT2D eigenvalue weighted by Gasteiger charge is -2.02. The first kappa shape index (κ1) is 11.0. The van der Waals surface area contributed by atoms with Crippen LogP contribution < -0.4 is 5.73 Å². The van der Waals surface area contributed by atoms with Crippen molar-refractivity contribution in [1.29, 1.82) is 0 Å². The van der Waals surface area contributed by atoms with Gasteiger partial charge < -0.3 is 5.73 Å². The molecule has 0 aliphatic rings. The fourth-order valence-electron chi connectivity index (χ4n) is 1.47. The lowest BCUT2D eigenvalue weighted by Crippen LogP contribution is -2.05. The maximum Gasteiger partial charge on any atom is 0.276 e. The van der Waals surface area contributed by atoms with E-state index in [9.17, 15) is 10.1 Å². The summed E-state index contributed by atoms with van der Waals surface area (Å²) in [5.74, 6) is 1.51. The zero-order valence-electron chi connectivity index (χ0n) is 9.28. The Morgan fingerprint density at radius 2 is 2.06 bits per heavy atom. The van der Waals surface area contributed by atoms with E-state index in [1.165, 1.54) is 16.8 Å². The van der Waals surface area contributed by atoms with Crippen LogP contribution in [0.2, 0.25) is 0 Å². The standard InChI is InChI=1S/C9H10N6O2/c1-5-11-6(2)14(13-5)9-4-7(15(16)17)3-8(10)12-9/h3-4H,1-2H3,(H2,10,12). The van der Waals surface area contributed by atoms with Gasteiger partial charge in [-0.1, -0.05) is 0 Å². The number of nitrogens with zero attached hydrogens (tertiary/aromatic N) is 5. The normalized spacial score (nSPS) is 10.5. The number of rotatable bonds is 2. The average molecular weight is 234 g/mol. The van der Waals surface area contributed by atoms with Crippen molar-refractivity contribution in [3.63, 3.8) is 0 Å². The second kappa shape index (κ2) is 3.81. The minimum Gasteiger partial charge on any atom is -0.383 e. The number of aryl methyl sites for hydroxylation is 2. The van der Waals surface area contributed by atoms with E-state index in [1.807, 2.05) is 0 Å². The fourth-order valence-corrected chi connectivity index (χ4v) is 1.47. The van der Waals surface area contributed by atoms with Crippen molar-refractivity contribution < 1.29 is 4.92 Å². The minimum atomic E-state index is -0.527. The van der Waals surface area contributed by atoms with Gasteiger partial charge >= 0.3 is 0 Å². The smallest absolute Gasteiger partial charge is 0.276 e. The van der Waals surface area contributed by atoms with E-state index < -0.39 is 4.92 Å². The van der Waals surface area contributed by atoms with E-state index in [2.05, 4.69) is 15.1 Å². The van der Waals surface area contributed by atoms with Gasteiger partial charge in [0, 0.05) is 0 Å². The van der Waals surface area contributed by atoms with Crippen LogP contribution in [0.1, 0.15) is 11.6 Å². The van der Waals surface area contributed by atoms with Gasteiger partial charge in [-0.25, -0.2) is 9.97 Å². The lowest BCUT2D eigenvalue weighted by atomic mass is 10.4. The first-order valence-corrected chi connectivity index (χ1v) is 4.80. The first-order valence-electron chi connectivity index (χ1n) is 4.80. The zero-order chi connectivity index (χ0) is 12.6. The summed E-state index contributed by atoms with van der Waals surface area (Å²) in [5, 5.41) is 14.8. The highest BCUT2D eigenvalue weighted by Gasteiger charge is 2.13. The topological polar surface area (TPSA) is 113 Å². The molecule has 0 amide bonds. The number of aromatic nitrogens is 4. The molecule has 0 aliphatic heterocycles. The molecule has 0 saturated carbocycles. The van der Waals surface area contributed by atoms with Gasteiger partial charge in [0.2, 0.25) is 0 Å². The molecule has 0 radical (unpaired) electrons. The average Bonchev–Trinajstić information content (AvgIpc) is 2.57. The van der Waals surface area contributed by atoms with E-state index in [0.29, 0.717) is 11.6 Å². The summed E-state index contributed by atoms with van der Waals surface area (Å²) in [6.07, 6.45) is 0. The van der Waals surface area contributed by atoms with Gasteiger partial charge in [-0.15, -0.1) is 5.10 Å². The summed E-state index contributed by atoms with van der Waals surface area (Å²) >= 11 is 0. The van der Waals surface area contributed by atoms with Crippen LogP contribution in [-0.4, -0.2) is 24.7 Å². The molecule has 0 spiro atoms. The maximum absolute atomic E-state index is 10.7. The summed E-state index contributed by atoms with van der Waals surface area (Å²) in [5.41, 5.74) is 5.39. The Hall–Kier alpha value is -2.51. The third-order valence-electron chi connectivity index (χ3n) is 2.12. The highest BCUT2D eigenvalue weighted by Crippen LogP contribution is 2.18. The van der Waals surface area contributed by atoms with Gasteiger partial charge in [0.05, 0.1) is 17.1 Å². The van der Waals surface area contributed by atoms with Crippen molar-refractivity contribution in [3.05, 3.63) is 33.9 Å². The van der Waals surface area contributed by atoms with E-state index in [0.717, 1.165) is 0 Å². The van der Waals surface area contributed by atoms with Gasteiger partial charge in [0.25, 0.3) is 5.69 Å². The van der Waals surface area contributed by atoms with Crippen molar-refractivity contribution in [2.75, 3.05) is 5.73 Å². The zero-order valence-corrected chi connectivity index (χ0v) is 9.28. The van der Waals surface area contributed by atoms with Gasteiger partial charge in [0.15, 0.2) is 5.82 Å². The van der Waals surface area contributed by atoms with E-state index in [-0.39, 0.29) is 17.3 Å². The highest BCUT2D eigenvalue weighted by molar-refractivity contribution is 5.47. The lowest BCUT2D eigenvalue weighted by molar-refractivity contribution is -0.384. The van der Waals surface area contributed by atoms with E-state index >= 15 is 0 Å². The van der Waals surface area contributed by atoms with Crippen molar-refractivity contribution in [1.82, 2.24) is 19.7 Å². The molecular weight excluding hydrogens is 224 g/mol. The summed E-state index contributed by atoms with van der Waals surface area (Å²) in [6.45, 7) is 3.46. The Kier molecular flexibility index (Phi) is 2.47.